The van der Waals surface area contributed by atoms with E-state index in [1.807, 2.05) is 41.5 Å². The van der Waals surface area contributed by atoms with Gasteiger partial charge in [0.05, 0.1) is 31.8 Å². The van der Waals surface area contributed by atoms with Gasteiger partial charge in [-0.25, -0.2) is 0 Å². The SMILES string of the molecule is CCCCN(CC(C)(C)OC(=O)Cn1nc(C(=O)C(C)(C)C)c2ccc(OC)cc21)C(=O)Cn1nc(C(=O)C(C)C)c2ccc(OC)cc21. The molecular weight excluding hydrogens is 626 g/mol. The molecular formula is C37H49N5O7. The Hall–Kier alpha value is -4.74. The van der Waals surface area contributed by atoms with Crippen LogP contribution in [0.25, 0.3) is 21.8 Å². The average molecular weight is 676 g/mol. The largest absolute Gasteiger partial charge is 0.497 e. The first kappa shape index (κ1) is 37.1. The van der Waals surface area contributed by atoms with E-state index >= 15 is 0 Å². The fourth-order valence-corrected chi connectivity index (χ4v) is 5.60. The summed E-state index contributed by atoms with van der Waals surface area (Å²) in [4.78, 5) is 55.2. The maximum Gasteiger partial charge on any atom is 0.328 e. The number of fused-ring (bicyclic) bond motifs is 2. The van der Waals surface area contributed by atoms with Crippen LogP contribution in [0.4, 0.5) is 0 Å². The zero-order chi connectivity index (χ0) is 36.3. The molecule has 0 atom stereocenters. The van der Waals surface area contributed by atoms with E-state index in [1.54, 1.807) is 74.0 Å². The van der Waals surface area contributed by atoms with Crippen LogP contribution in [0.3, 0.4) is 0 Å². The molecule has 2 aromatic carbocycles. The molecule has 4 aromatic rings. The van der Waals surface area contributed by atoms with Crippen LogP contribution < -0.4 is 9.47 Å². The van der Waals surface area contributed by atoms with Crippen LogP contribution >= 0.6 is 0 Å². The summed E-state index contributed by atoms with van der Waals surface area (Å²) >= 11 is 0. The Labute approximate surface area is 287 Å². The molecule has 49 heavy (non-hydrogen) atoms. The second kappa shape index (κ2) is 14.8. The number of nitrogens with zero attached hydrogens (tertiary/aromatic N) is 5. The van der Waals surface area contributed by atoms with Gasteiger partial charge in [0.1, 0.15) is 41.6 Å². The van der Waals surface area contributed by atoms with Crippen LogP contribution in [-0.2, 0) is 27.4 Å². The lowest BCUT2D eigenvalue weighted by atomic mass is 9.88. The minimum absolute atomic E-state index is 0.115. The number of ketones is 2. The Morgan fingerprint density at radius 1 is 0.816 bits per heavy atom. The van der Waals surface area contributed by atoms with Gasteiger partial charge in [-0.15, -0.1) is 0 Å². The molecule has 12 heteroatoms. The van der Waals surface area contributed by atoms with Crippen LogP contribution in [0.15, 0.2) is 36.4 Å². The van der Waals surface area contributed by atoms with Gasteiger partial charge >= 0.3 is 5.97 Å². The van der Waals surface area contributed by atoms with E-state index in [1.165, 1.54) is 4.68 Å². The van der Waals surface area contributed by atoms with Gasteiger partial charge in [0, 0.05) is 40.8 Å². The molecule has 4 rings (SSSR count). The molecule has 264 valence electrons. The van der Waals surface area contributed by atoms with Gasteiger partial charge < -0.3 is 19.1 Å². The van der Waals surface area contributed by atoms with Crippen LogP contribution in [0, 0.1) is 11.3 Å². The average Bonchev–Trinajstić information content (AvgIpc) is 3.58. The Balaban J connectivity index is 1.57. The van der Waals surface area contributed by atoms with Crippen molar-refractivity contribution in [2.75, 3.05) is 27.3 Å². The highest BCUT2D eigenvalue weighted by Crippen LogP contribution is 2.30. The summed E-state index contributed by atoms with van der Waals surface area (Å²) in [6.07, 6.45) is 1.59. The lowest BCUT2D eigenvalue weighted by Gasteiger charge is -2.32. The van der Waals surface area contributed by atoms with Crippen LogP contribution in [0.1, 0.15) is 89.2 Å². The number of hydrogen-bond donors (Lipinski definition) is 0. The number of aromatic nitrogens is 4. The Morgan fingerprint density at radius 3 is 1.86 bits per heavy atom. The van der Waals surface area contributed by atoms with E-state index in [4.69, 9.17) is 14.2 Å². The zero-order valence-electron chi connectivity index (χ0n) is 30.4. The third-order valence-electron chi connectivity index (χ3n) is 8.23. The van der Waals surface area contributed by atoms with Crippen molar-refractivity contribution in [3.63, 3.8) is 0 Å². The maximum atomic E-state index is 13.9. The molecule has 0 spiro atoms. The number of ether oxygens (including phenoxy) is 3. The quantitative estimate of drug-likeness (QED) is 0.108. The first-order valence-electron chi connectivity index (χ1n) is 16.7. The number of carbonyl (C=O) groups excluding carboxylic acids is 4. The Bertz CT molecular complexity index is 1860. The maximum absolute atomic E-state index is 13.9. The lowest BCUT2D eigenvalue weighted by molar-refractivity contribution is -0.161. The monoisotopic (exact) mass is 675 g/mol. The third kappa shape index (κ3) is 8.47. The van der Waals surface area contributed by atoms with Gasteiger partial charge in [0.15, 0.2) is 11.6 Å². The summed E-state index contributed by atoms with van der Waals surface area (Å²) in [6, 6.07) is 10.6. The van der Waals surface area contributed by atoms with Gasteiger partial charge in [-0.3, -0.25) is 28.5 Å². The summed E-state index contributed by atoms with van der Waals surface area (Å²) < 4.78 is 19.8. The van der Waals surface area contributed by atoms with Gasteiger partial charge in [0.25, 0.3) is 0 Å². The summed E-state index contributed by atoms with van der Waals surface area (Å²) in [6.45, 7) is 14.8. The van der Waals surface area contributed by atoms with Gasteiger partial charge in [-0.1, -0.05) is 48.0 Å². The number of Topliss-reactive ketones (excluding diaryl/α,β-unsaturated/α-hetero) is 2. The third-order valence-corrected chi connectivity index (χ3v) is 8.23. The van der Waals surface area contributed by atoms with E-state index < -0.39 is 17.0 Å². The highest BCUT2D eigenvalue weighted by atomic mass is 16.6. The number of unbranched alkanes of at least 4 members (excludes halogenated alkanes) is 1. The Morgan fingerprint density at radius 2 is 1.35 bits per heavy atom. The summed E-state index contributed by atoms with van der Waals surface area (Å²) in [5.74, 6) is -0.195. The standard InChI is InChI=1S/C37H49N5O7/c1-11-12-17-40(30(43)20-41-28-18-24(47-9)13-15-26(28)32(38-41)34(45)23(2)3)22-37(7,8)49-31(44)21-42-29-19-25(48-10)14-16-27(29)33(39-42)35(46)36(4,5)6/h13-16,18-19,23H,11-12,17,20-22H2,1-10H3. The number of hydrogen-bond acceptors (Lipinski definition) is 9. The molecule has 0 aliphatic carbocycles. The molecule has 0 fully saturated rings. The van der Waals surface area contributed by atoms with Crippen LogP contribution in [-0.4, -0.2) is 80.8 Å². The predicted octanol–water partition coefficient (Wildman–Crippen LogP) is 6.12. The van der Waals surface area contributed by atoms with E-state index in [2.05, 4.69) is 10.2 Å². The highest BCUT2D eigenvalue weighted by molar-refractivity contribution is 6.09. The minimum atomic E-state index is -1.07. The highest BCUT2D eigenvalue weighted by Gasteiger charge is 2.32. The molecule has 0 unspecified atom stereocenters. The molecule has 0 saturated carbocycles. The fraction of sp³-hybridized carbons (Fsp3) is 0.514. The van der Waals surface area contributed by atoms with Crippen molar-refractivity contribution in [2.24, 2.45) is 11.3 Å². The summed E-state index contributed by atoms with van der Waals surface area (Å²) in [5.41, 5.74) is 0.0224. The predicted molar refractivity (Wildman–Crippen MR) is 187 cm³/mol. The topological polar surface area (TPSA) is 135 Å². The first-order valence-corrected chi connectivity index (χ1v) is 16.7. The van der Waals surface area contributed by atoms with Gasteiger partial charge in [0.2, 0.25) is 5.91 Å². The van der Waals surface area contributed by atoms with Crippen molar-refractivity contribution in [3.05, 3.63) is 47.8 Å². The van der Waals surface area contributed by atoms with E-state index in [9.17, 15) is 19.2 Å². The molecule has 0 saturated heterocycles. The molecule has 0 bridgehead atoms. The number of amides is 1. The second-order valence-electron chi connectivity index (χ2n) is 14.3. The molecule has 0 aliphatic rings. The number of benzene rings is 2. The van der Waals surface area contributed by atoms with Crippen molar-refractivity contribution in [1.29, 1.82) is 0 Å². The van der Waals surface area contributed by atoms with Crippen LogP contribution in [0.2, 0.25) is 0 Å². The minimum Gasteiger partial charge on any atom is -0.497 e. The lowest BCUT2D eigenvalue weighted by Crippen LogP contribution is -2.46. The molecule has 12 nitrogen and oxygen atoms in total. The summed E-state index contributed by atoms with van der Waals surface area (Å²) in [7, 11) is 3.10. The van der Waals surface area contributed by atoms with E-state index in [0.717, 1.165) is 12.8 Å². The zero-order valence-corrected chi connectivity index (χ0v) is 30.4. The van der Waals surface area contributed by atoms with E-state index in [-0.39, 0.29) is 48.7 Å². The number of methoxy groups -OCH3 is 2. The summed E-state index contributed by atoms with van der Waals surface area (Å²) in [5, 5.41) is 10.4. The van der Waals surface area contributed by atoms with Crippen molar-refractivity contribution in [1.82, 2.24) is 24.5 Å². The number of esters is 1. The van der Waals surface area contributed by atoms with Crippen molar-refractivity contribution >= 4 is 45.2 Å². The van der Waals surface area contributed by atoms with Gasteiger partial charge in [-0.2, -0.15) is 10.2 Å². The van der Waals surface area contributed by atoms with Crippen molar-refractivity contribution in [2.45, 2.75) is 86.9 Å². The molecule has 0 aliphatic heterocycles. The smallest absolute Gasteiger partial charge is 0.328 e. The molecule has 0 radical (unpaired) electrons. The molecule has 2 aromatic heterocycles. The molecule has 1 amide bonds. The molecule has 2 heterocycles. The Kier molecular flexibility index (Phi) is 11.2. The number of carbonyl (C=O) groups is 4. The first-order chi connectivity index (χ1) is 23.0. The number of rotatable bonds is 15. The van der Waals surface area contributed by atoms with Crippen LogP contribution in [0.5, 0.6) is 11.5 Å². The van der Waals surface area contributed by atoms with Crippen molar-refractivity contribution < 1.29 is 33.4 Å². The normalized spacial score (nSPS) is 12.1. The van der Waals surface area contributed by atoms with Gasteiger partial charge in [-0.05, 0) is 44.5 Å². The van der Waals surface area contributed by atoms with E-state index in [0.29, 0.717) is 45.5 Å². The second-order valence-corrected chi connectivity index (χ2v) is 14.3. The molecule has 0 N–H and O–H groups in total. The van der Waals surface area contributed by atoms with Crippen molar-refractivity contribution in [3.8, 4) is 11.5 Å². The fourth-order valence-electron chi connectivity index (χ4n) is 5.60.